The van der Waals surface area contributed by atoms with E-state index in [1.165, 1.54) is 5.56 Å². The van der Waals surface area contributed by atoms with Crippen molar-refractivity contribution in [3.63, 3.8) is 0 Å². The quantitative estimate of drug-likeness (QED) is 0.671. The fourth-order valence-electron chi connectivity index (χ4n) is 2.51. The van der Waals surface area contributed by atoms with E-state index in [9.17, 15) is 4.79 Å². The van der Waals surface area contributed by atoms with Crippen LogP contribution in [0, 0.1) is 20.8 Å². The largest absolute Gasteiger partial charge is 0.438 e. The molecule has 0 unspecified atom stereocenters. The zero-order valence-electron chi connectivity index (χ0n) is 13.4. The van der Waals surface area contributed by atoms with Gasteiger partial charge in [0.2, 0.25) is 5.88 Å². The summed E-state index contributed by atoms with van der Waals surface area (Å²) in [6, 6.07) is 15.6. The normalized spacial score (nSPS) is 10.6. The Morgan fingerprint density at radius 3 is 2.43 bits per heavy atom. The molecule has 23 heavy (non-hydrogen) atoms. The number of aldehydes is 1. The van der Waals surface area contributed by atoms with Crippen molar-refractivity contribution in [1.82, 2.24) is 9.78 Å². The molecule has 0 radical (unpaired) electrons. The molecular weight excluding hydrogens is 288 g/mol. The van der Waals surface area contributed by atoms with E-state index in [2.05, 4.69) is 5.10 Å². The van der Waals surface area contributed by atoms with E-state index >= 15 is 0 Å². The zero-order chi connectivity index (χ0) is 16.4. The number of carbonyl (C=O) groups excluding carboxylic acids is 1. The zero-order valence-corrected chi connectivity index (χ0v) is 13.4. The maximum atomic E-state index is 11.5. The Kier molecular flexibility index (Phi) is 3.98. The lowest BCUT2D eigenvalue weighted by Crippen LogP contribution is -2.01. The number of carbonyl (C=O) groups is 1. The van der Waals surface area contributed by atoms with E-state index in [-0.39, 0.29) is 0 Å². The minimum Gasteiger partial charge on any atom is -0.438 e. The first kappa shape index (κ1) is 15.0. The summed E-state index contributed by atoms with van der Waals surface area (Å²) < 4.78 is 7.73. The molecule has 2 aromatic carbocycles. The molecule has 1 aromatic heterocycles. The van der Waals surface area contributed by atoms with Gasteiger partial charge in [-0.15, -0.1) is 0 Å². The van der Waals surface area contributed by atoms with Crippen molar-refractivity contribution in [1.29, 1.82) is 0 Å². The van der Waals surface area contributed by atoms with Crippen LogP contribution in [-0.4, -0.2) is 16.1 Å². The van der Waals surface area contributed by atoms with E-state index in [1.807, 2.05) is 62.4 Å². The summed E-state index contributed by atoms with van der Waals surface area (Å²) in [5.74, 6) is 1.16. The Morgan fingerprint density at radius 1 is 1.04 bits per heavy atom. The van der Waals surface area contributed by atoms with E-state index in [4.69, 9.17) is 4.74 Å². The highest BCUT2D eigenvalue weighted by molar-refractivity contribution is 5.80. The second-order valence-corrected chi connectivity index (χ2v) is 5.54. The minimum atomic E-state index is 0.440. The van der Waals surface area contributed by atoms with Crippen molar-refractivity contribution in [2.24, 2.45) is 0 Å². The van der Waals surface area contributed by atoms with Crippen LogP contribution in [0.1, 0.15) is 27.2 Å². The second kappa shape index (κ2) is 6.08. The van der Waals surface area contributed by atoms with E-state index < -0.39 is 0 Å². The average Bonchev–Trinajstić information content (AvgIpc) is 2.86. The van der Waals surface area contributed by atoms with Crippen LogP contribution in [0.2, 0.25) is 0 Å². The van der Waals surface area contributed by atoms with Crippen LogP contribution < -0.4 is 4.74 Å². The number of ether oxygens (including phenoxy) is 1. The standard InChI is InChI=1S/C19H18N2O2/c1-13-9-10-18(14(2)11-13)23-19-17(12-22)15(3)20-21(19)16-7-5-4-6-8-16/h4-12H,1-3H3. The first-order chi connectivity index (χ1) is 11.1. The maximum absolute atomic E-state index is 11.5. The lowest BCUT2D eigenvalue weighted by atomic mass is 10.1. The first-order valence-electron chi connectivity index (χ1n) is 7.45. The number of hydrogen-bond donors (Lipinski definition) is 0. The van der Waals surface area contributed by atoms with E-state index in [0.717, 1.165) is 23.3 Å². The number of benzene rings is 2. The molecular formula is C19H18N2O2. The average molecular weight is 306 g/mol. The summed E-state index contributed by atoms with van der Waals surface area (Å²) >= 11 is 0. The minimum absolute atomic E-state index is 0.440. The fraction of sp³-hybridized carbons (Fsp3) is 0.158. The molecule has 0 fully saturated rings. The van der Waals surface area contributed by atoms with Gasteiger partial charge >= 0.3 is 0 Å². The van der Waals surface area contributed by atoms with Crippen LogP contribution in [0.15, 0.2) is 48.5 Å². The van der Waals surface area contributed by atoms with Crippen molar-refractivity contribution in [3.8, 4) is 17.3 Å². The fourth-order valence-corrected chi connectivity index (χ4v) is 2.51. The predicted molar refractivity (Wildman–Crippen MR) is 89.7 cm³/mol. The molecule has 0 spiro atoms. The maximum Gasteiger partial charge on any atom is 0.233 e. The van der Waals surface area contributed by atoms with E-state index in [0.29, 0.717) is 17.1 Å². The molecule has 4 heteroatoms. The van der Waals surface area contributed by atoms with Crippen molar-refractivity contribution in [3.05, 3.63) is 70.9 Å². The van der Waals surface area contributed by atoms with Gasteiger partial charge in [-0.1, -0.05) is 35.9 Å². The number of hydrogen-bond acceptors (Lipinski definition) is 3. The van der Waals surface area contributed by atoms with Crippen LogP contribution in [0.3, 0.4) is 0 Å². The lowest BCUT2D eigenvalue weighted by molar-refractivity contribution is 0.112. The molecule has 0 saturated heterocycles. The molecule has 0 amide bonds. The Morgan fingerprint density at radius 2 is 1.78 bits per heavy atom. The van der Waals surface area contributed by atoms with Gasteiger partial charge in [0.05, 0.1) is 16.9 Å². The molecule has 116 valence electrons. The summed E-state index contributed by atoms with van der Waals surface area (Å²) in [6.07, 6.45) is 0.792. The van der Waals surface area contributed by atoms with Gasteiger partial charge in [0.25, 0.3) is 0 Å². The Bertz CT molecular complexity index is 851. The summed E-state index contributed by atoms with van der Waals surface area (Å²) in [4.78, 5) is 11.5. The van der Waals surface area contributed by atoms with Crippen LogP contribution in [0.4, 0.5) is 0 Å². The molecule has 1 heterocycles. The molecule has 0 saturated carbocycles. The Labute approximate surface area is 135 Å². The molecule has 3 aromatic rings. The van der Waals surface area contributed by atoms with Gasteiger partial charge in [-0.3, -0.25) is 4.79 Å². The molecule has 0 aliphatic rings. The highest BCUT2D eigenvalue weighted by atomic mass is 16.5. The van der Waals surface area contributed by atoms with Crippen LogP contribution in [-0.2, 0) is 0 Å². The third-order valence-electron chi connectivity index (χ3n) is 3.72. The smallest absolute Gasteiger partial charge is 0.233 e. The lowest BCUT2D eigenvalue weighted by Gasteiger charge is -2.12. The number of aromatic nitrogens is 2. The molecule has 0 atom stereocenters. The van der Waals surface area contributed by atoms with Crippen LogP contribution in [0.25, 0.3) is 5.69 Å². The van der Waals surface area contributed by atoms with Gasteiger partial charge in [0.1, 0.15) is 5.75 Å². The van der Waals surface area contributed by atoms with Gasteiger partial charge in [-0.05, 0) is 44.5 Å². The van der Waals surface area contributed by atoms with Crippen LogP contribution in [0.5, 0.6) is 11.6 Å². The highest BCUT2D eigenvalue weighted by Crippen LogP contribution is 2.31. The Balaban J connectivity index is 2.12. The molecule has 0 aliphatic carbocycles. The Hall–Kier alpha value is -2.88. The van der Waals surface area contributed by atoms with Crippen molar-refractivity contribution < 1.29 is 9.53 Å². The monoisotopic (exact) mass is 306 g/mol. The summed E-state index contributed by atoms with van der Waals surface area (Å²) in [5, 5.41) is 4.46. The van der Waals surface area contributed by atoms with Gasteiger partial charge < -0.3 is 4.74 Å². The van der Waals surface area contributed by atoms with Gasteiger partial charge in [-0.2, -0.15) is 9.78 Å². The number of aryl methyl sites for hydroxylation is 3. The number of rotatable bonds is 4. The number of para-hydroxylation sites is 1. The molecule has 0 aliphatic heterocycles. The predicted octanol–water partition coefficient (Wildman–Crippen LogP) is 4.40. The molecule has 4 nitrogen and oxygen atoms in total. The highest BCUT2D eigenvalue weighted by Gasteiger charge is 2.18. The topological polar surface area (TPSA) is 44.1 Å². The van der Waals surface area contributed by atoms with Crippen LogP contribution >= 0.6 is 0 Å². The first-order valence-corrected chi connectivity index (χ1v) is 7.45. The van der Waals surface area contributed by atoms with Crippen molar-refractivity contribution in [2.75, 3.05) is 0 Å². The van der Waals surface area contributed by atoms with Gasteiger partial charge in [-0.25, -0.2) is 0 Å². The molecule has 3 rings (SSSR count). The van der Waals surface area contributed by atoms with Crippen molar-refractivity contribution in [2.45, 2.75) is 20.8 Å². The SMILES string of the molecule is Cc1ccc(Oc2c(C=O)c(C)nn2-c2ccccc2)c(C)c1. The summed E-state index contributed by atoms with van der Waals surface area (Å²) in [7, 11) is 0. The summed E-state index contributed by atoms with van der Waals surface area (Å²) in [5.41, 5.74) is 4.14. The molecule has 0 bridgehead atoms. The van der Waals surface area contributed by atoms with E-state index in [1.54, 1.807) is 11.6 Å². The third-order valence-corrected chi connectivity index (χ3v) is 3.72. The van der Waals surface area contributed by atoms with Gasteiger partial charge in [0.15, 0.2) is 6.29 Å². The summed E-state index contributed by atoms with van der Waals surface area (Å²) in [6.45, 7) is 5.82. The third kappa shape index (κ3) is 2.88. The van der Waals surface area contributed by atoms with Crippen molar-refractivity contribution >= 4 is 6.29 Å². The van der Waals surface area contributed by atoms with Gasteiger partial charge in [0, 0.05) is 0 Å². The number of nitrogens with zero attached hydrogens (tertiary/aromatic N) is 2. The molecule has 0 N–H and O–H groups in total. The second-order valence-electron chi connectivity index (χ2n) is 5.54.